The van der Waals surface area contributed by atoms with Crippen LogP contribution in [0.1, 0.15) is 12.0 Å². The highest BCUT2D eigenvalue weighted by atomic mass is 15.1. The highest BCUT2D eigenvalue weighted by molar-refractivity contribution is 6.11. The van der Waals surface area contributed by atoms with Crippen LogP contribution in [0.3, 0.4) is 0 Å². The molecule has 24 heavy (non-hydrogen) atoms. The van der Waals surface area contributed by atoms with Crippen molar-refractivity contribution >= 4 is 19.3 Å². The van der Waals surface area contributed by atoms with Gasteiger partial charge in [-0.3, -0.25) is 4.40 Å². The molecular weight excluding hydrogens is 297 g/mol. The molecule has 0 bridgehead atoms. The van der Waals surface area contributed by atoms with Crippen LogP contribution >= 0.6 is 0 Å². The third kappa shape index (κ3) is 2.89. The molecule has 0 amide bonds. The number of aromatic nitrogens is 3. The van der Waals surface area contributed by atoms with Gasteiger partial charge in [-0.05, 0) is 43.7 Å². The number of hydrogen-bond donors (Lipinski definition) is 2. The topological polar surface area (TPSA) is 54.2 Å². The third-order valence-electron chi connectivity index (χ3n) is 4.49. The van der Waals surface area contributed by atoms with Gasteiger partial charge < -0.3 is 10.6 Å². The molecular formula is C18H20BN5. The number of nitrogens with zero attached hydrogens (tertiary/aromatic N) is 3. The van der Waals surface area contributed by atoms with Gasteiger partial charge in [0.2, 0.25) is 0 Å². The lowest BCUT2D eigenvalue weighted by Gasteiger charge is -2.29. The second-order valence-corrected chi connectivity index (χ2v) is 6.43. The lowest BCUT2D eigenvalue weighted by atomic mass is 9.80. The summed E-state index contributed by atoms with van der Waals surface area (Å²) in [5.41, 5.74) is 4.01. The Morgan fingerprint density at radius 2 is 2.17 bits per heavy atom. The number of aryl methyl sites for hydroxylation is 1. The fourth-order valence-electron chi connectivity index (χ4n) is 3.27. The third-order valence-corrected chi connectivity index (χ3v) is 4.49. The van der Waals surface area contributed by atoms with E-state index in [0.717, 1.165) is 47.9 Å². The summed E-state index contributed by atoms with van der Waals surface area (Å²) in [7, 11) is 6.04. The minimum Gasteiger partial charge on any atom is -0.366 e. The summed E-state index contributed by atoms with van der Waals surface area (Å²) in [6.07, 6.45) is 4.85. The van der Waals surface area contributed by atoms with Gasteiger partial charge >= 0.3 is 0 Å². The van der Waals surface area contributed by atoms with Crippen LogP contribution in [0.25, 0.3) is 17.0 Å². The van der Waals surface area contributed by atoms with Gasteiger partial charge in [0.05, 0.1) is 25.4 Å². The quantitative estimate of drug-likeness (QED) is 0.729. The highest BCUT2D eigenvalue weighted by Crippen LogP contribution is 2.25. The normalized spacial score (nSPS) is 21.0. The first-order chi connectivity index (χ1) is 11.7. The van der Waals surface area contributed by atoms with Crippen molar-refractivity contribution in [2.24, 2.45) is 0 Å². The minimum absolute atomic E-state index is 0.194. The average molecular weight is 317 g/mol. The van der Waals surface area contributed by atoms with Crippen LogP contribution in [-0.4, -0.2) is 41.3 Å². The van der Waals surface area contributed by atoms with Gasteiger partial charge in [0.15, 0.2) is 0 Å². The highest BCUT2D eigenvalue weighted by Gasteiger charge is 2.19. The molecule has 2 atom stereocenters. The first kappa shape index (κ1) is 15.2. The van der Waals surface area contributed by atoms with Crippen LogP contribution in [0.4, 0.5) is 5.82 Å². The van der Waals surface area contributed by atoms with Gasteiger partial charge in [-0.2, -0.15) is 0 Å². The first-order valence-corrected chi connectivity index (χ1v) is 8.33. The van der Waals surface area contributed by atoms with Crippen molar-refractivity contribution in [3.8, 4) is 11.4 Å². The van der Waals surface area contributed by atoms with E-state index in [0.29, 0.717) is 6.04 Å². The van der Waals surface area contributed by atoms with E-state index in [-0.39, 0.29) is 5.82 Å². The van der Waals surface area contributed by atoms with E-state index in [2.05, 4.69) is 33.0 Å². The van der Waals surface area contributed by atoms with Crippen molar-refractivity contribution < 1.29 is 0 Å². The maximum Gasteiger partial charge on any atom is 0.137 e. The predicted molar refractivity (Wildman–Crippen MR) is 97.6 cm³/mol. The zero-order valence-corrected chi connectivity index (χ0v) is 13.7. The van der Waals surface area contributed by atoms with E-state index in [9.17, 15) is 0 Å². The second kappa shape index (κ2) is 6.28. The molecule has 0 saturated carbocycles. The minimum atomic E-state index is 0.194. The fraction of sp³-hybridized carbons (Fsp3) is 0.333. The number of anilines is 1. The molecule has 4 heterocycles. The Hall–Kier alpha value is -2.34. The van der Waals surface area contributed by atoms with Crippen LogP contribution in [-0.2, 0) is 0 Å². The molecule has 120 valence electrons. The Balaban J connectivity index is 1.66. The smallest absolute Gasteiger partial charge is 0.137 e. The lowest BCUT2D eigenvalue weighted by molar-refractivity contribution is 0.479. The molecule has 1 aliphatic rings. The molecule has 1 fully saturated rings. The number of rotatable bonds is 3. The van der Waals surface area contributed by atoms with E-state index in [4.69, 9.17) is 12.8 Å². The van der Waals surface area contributed by atoms with E-state index >= 15 is 0 Å². The molecule has 0 aromatic carbocycles. The van der Waals surface area contributed by atoms with Crippen LogP contribution in [0, 0.1) is 6.92 Å². The predicted octanol–water partition coefficient (Wildman–Crippen LogP) is 2.44. The number of hydrogen-bond acceptors (Lipinski definition) is 4. The molecule has 5 nitrogen and oxygen atoms in total. The number of nitrogens with one attached hydrogen (secondary N) is 2. The maximum absolute atomic E-state index is 6.04. The van der Waals surface area contributed by atoms with E-state index in [1.54, 1.807) is 0 Å². The van der Waals surface area contributed by atoms with Crippen molar-refractivity contribution in [2.45, 2.75) is 25.2 Å². The monoisotopic (exact) mass is 317 g/mol. The van der Waals surface area contributed by atoms with Gasteiger partial charge in [-0.15, -0.1) is 0 Å². The summed E-state index contributed by atoms with van der Waals surface area (Å²) in [6.45, 7) is 3.87. The molecule has 1 saturated heterocycles. The lowest BCUT2D eigenvalue weighted by Crippen LogP contribution is -2.41. The van der Waals surface area contributed by atoms with Crippen LogP contribution < -0.4 is 10.6 Å². The molecule has 2 N–H and O–H groups in total. The molecule has 2 unspecified atom stereocenters. The molecule has 0 aliphatic carbocycles. The molecule has 6 heteroatoms. The van der Waals surface area contributed by atoms with E-state index in [1.807, 2.05) is 36.7 Å². The van der Waals surface area contributed by atoms with Crippen LogP contribution in [0.15, 0.2) is 42.7 Å². The second-order valence-electron chi connectivity index (χ2n) is 6.43. The van der Waals surface area contributed by atoms with E-state index in [1.165, 1.54) is 0 Å². The van der Waals surface area contributed by atoms with Gasteiger partial charge in [-0.25, -0.2) is 9.97 Å². The molecule has 4 rings (SSSR count). The summed E-state index contributed by atoms with van der Waals surface area (Å²) in [6, 6.07) is 10.4. The molecule has 2 radical (unpaired) electrons. The van der Waals surface area contributed by atoms with Crippen LogP contribution in [0.5, 0.6) is 0 Å². The van der Waals surface area contributed by atoms with Crippen molar-refractivity contribution in [1.82, 2.24) is 19.7 Å². The van der Waals surface area contributed by atoms with Crippen molar-refractivity contribution in [1.29, 1.82) is 0 Å². The Bertz CT molecular complexity index is 859. The number of fused-ring (bicyclic) bond motifs is 1. The zero-order chi connectivity index (χ0) is 16.5. The van der Waals surface area contributed by atoms with Gasteiger partial charge in [-0.1, -0.05) is 17.9 Å². The summed E-state index contributed by atoms with van der Waals surface area (Å²) < 4.78 is 2.07. The van der Waals surface area contributed by atoms with E-state index < -0.39 is 0 Å². The molecule has 3 aromatic heterocycles. The summed E-state index contributed by atoms with van der Waals surface area (Å²) in [5, 5.41) is 6.86. The SMILES string of the molecule is [B]C1CNCC(Nc2ccc(C)c(-c3cnc4ccccn34)n2)C1. The Kier molecular flexibility index (Phi) is 3.98. The Morgan fingerprint density at radius 3 is 3.04 bits per heavy atom. The van der Waals surface area contributed by atoms with Gasteiger partial charge in [0.1, 0.15) is 11.5 Å². The van der Waals surface area contributed by atoms with Crippen LogP contribution in [0.2, 0.25) is 5.82 Å². The number of imidazole rings is 1. The number of piperidine rings is 1. The zero-order valence-electron chi connectivity index (χ0n) is 13.7. The van der Waals surface area contributed by atoms with Gasteiger partial charge in [0.25, 0.3) is 0 Å². The largest absolute Gasteiger partial charge is 0.366 e. The Morgan fingerprint density at radius 1 is 1.25 bits per heavy atom. The standard InChI is InChI=1S/C18H20BN5/c1-12-5-6-16(22-14-8-13(19)9-20-10-14)23-18(12)15-11-21-17-4-2-3-7-24(15)17/h2-7,11,13-14,20H,8-10H2,1H3,(H,22,23). The van der Waals surface area contributed by atoms with Crippen molar-refractivity contribution in [3.05, 3.63) is 48.3 Å². The van der Waals surface area contributed by atoms with Gasteiger partial charge in [0, 0.05) is 18.8 Å². The maximum atomic E-state index is 6.04. The van der Waals surface area contributed by atoms with Crippen molar-refractivity contribution in [2.75, 3.05) is 18.4 Å². The summed E-state index contributed by atoms with van der Waals surface area (Å²) in [5.74, 6) is 1.07. The van der Waals surface area contributed by atoms with Crippen molar-refractivity contribution in [3.63, 3.8) is 0 Å². The summed E-state index contributed by atoms with van der Waals surface area (Å²) >= 11 is 0. The Labute approximate surface area is 142 Å². The summed E-state index contributed by atoms with van der Waals surface area (Å²) in [4.78, 5) is 9.31. The molecule has 1 aliphatic heterocycles. The first-order valence-electron chi connectivity index (χ1n) is 8.33. The average Bonchev–Trinajstić information content (AvgIpc) is 3.01. The molecule has 0 spiro atoms. The molecule has 3 aromatic rings. The fourth-order valence-corrected chi connectivity index (χ4v) is 3.27. The number of pyridine rings is 2.